The van der Waals surface area contributed by atoms with Crippen LogP contribution in [0.5, 0.6) is 5.75 Å². The lowest BCUT2D eigenvalue weighted by molar-refractivity contribution is -0.119. The van der Waals surface area contributed by atoms with Gasteiger partial charge in [0.1, 0.15) is 18.1 Å². The molecular weight excluding hydrogens is 433 g/mol. The standard InChI is InChI=1S/C23H22FN3O4S/c1-17-6-10-20(11-7-17)27(32(29,30)22-12-8-19(24)9-13-22)16-23(28)26-25-15-18-4-3-5-21(14-18)31-2/h3-15H,16H2,1-2H3,(H,26,28)/b25-15+. The molecule has 1 N–H and O–H groups in total. The number of anilines is 1. The van der Waals surface area contributed by atoms with Gasteiger partial charge in [-0.1, -0.05) is 29.8 Å². The zero-order valence-electron chi connectivity index (χ0n) is 17.5. The fourth-order valence-corrected chi connectivity index (χ4v) is 4.25. The number of nitrogens with one attached hydrogen (secondary N) is 1. The normalized spacial score (nSPS) is 11.3. The molecule has 9 heteroatoms. The van der Waals surface area contributed by atoms with Crippen LogP contribution in [0.4, 0.5) is 10.1 Å². The van der Waals surface area contributed by atoms with Gasteiger partial charge < -0.3 is 4.74 Å². The van der Waals surface area contributed by atoms with Gasteiger partial charge in [0.2, 0.25) is 0 Å². The van der Waals surface area contributed by atoms with Crippen molar-refractivity contribution in [3.8, 4) is 5.75 Å². The molecule has 0 aromatic heterocycles. The Hall–Kier alpha value is -3.72. The summed E-state index contributed by atoms with van der Waals surface area (Å²) in [4.78, 5) is 12.4. The second-order valence-corrected chi connectivity index (χ2v) is 8.73. The topological polar surface area (TPSA) is 88.1 Å². The molecular formula is C23H22FN3O4S. The predicted octanol–water partition coefficient (Wildman–Crippen LogP) is 3.49. The van der Waals surface area contributed by atoms with Crippen molar-refractivity contribution < 1.29 is 22.3 Å². The monoisotopic (exact) mass is 455 g/mol. The fraction of sp³-hybridized carbons (Fsp3) is 0.130. The van der Waals surface area contributed by atoms with Crippen molar-refractivity contribution in [1.82, 2.24) is 5.43 Å². The van der Waals surface area contributed by atoms with Gasteiger partial charge in [-0.25, -0.2) is 18.2 Å². The highest BCUT2D eigenvalue weighted by Crippen LogP contribution is 2.24. The predicted molar refractivity (Wildman–Crippen MR) is 121 cm³/mol. The van der Waals surface area contributed by atoms with Gasteiger partial charge in [0.05, 0.1) is 23.9 Å². The molecule has 0 aliphatic rings. The first-order chi connectivity index (χ1) is 15.3. The summed E-state index contributed by atoms with van der Waals surface area (Å²) in [6, 6.07) is 18.1. The molecule has 0 saturated carbocycles. The van der Waals surface area contributed by atoms with E-state index in [1.165, 1.54) is 6.21 Å². The number of rotatable bonds is 8. The molecule has 0 saturated heterocycles. The van der Waals surface area contributed by atoms with Gasteiger partial charge in [0.15, 0.2) is 0 Å². The van der Waals surface area contributed by atoms with Crippen LogP contribution in [0.3, 0.4) is 0 Å². The molecule has 32 heavy (non-hydrogen) atoms. The molecule has 3 aromatic rings. The van der Waals surface area contributed by atoms with Gasteiger partial charge in [0, 0.05) is 0 Å². The maximum atomic E-state index is 13.3. The Morgan fingerprint density at radius 1 is 1.09 bits per heavy atom. The van der Waals surface area contributed by atoms with E-state index in [1.807, 2.05) is 6.92 Å². The Kier molecular flexibility index (Phi) is 7.21. The van der Waals surface area contributed by atoms with Crippen LogP contribution in [-0.2, 0) is 14.8 Å². The van der Waals surface area contributed by atoms with Crippen molar-refractivity contribution in [3.63, 3.8) is 0 Å². The molecule has 0 radical (unpaired) electrons. The highest BCUT2D eigenvalue weighted by Gasteiger charge is 2.27. The molecule has 0 bridgehead atoms. The lowest BCUT2D eigenvalue weighted by Crippen LogP contribution is -2.39. The van der Waals surface area contributed by atoms with Gasteiger partial charge in [-0.05, 0) is 61.0 Å². The van der Waals surface area contributed by atoms with Gasteiger partial charge in [0.25, 0.3) is 15.9 Å². The summed E-state index contributed by atoms with van der Waals surface area (Å²) in [5, 5.41) is 3.89. The minimum Gasteiger partial charge on any atom is -0.497 e. The molecule has 0 atom stereocenters. The number of hydrazone groups is 1. The third kappa shape index (κ3) is 5.70. The van der Waals surface area contributed by atoms with E-state index >= 15 is 0 Å². The lowest BCUT2D eigenvalue weighted by Gasteiger charge is -2.23. The maximum Gasteiger partial charge on any atom is 0.264 e. The number of halogens is 1. The van der Waals surface area contributed by atoms with Gasteiger partial charge in [-0.2, -0.15) is 5.10 Å². The number of nitrogens with zero attached hydrogens (tertiary/aromatic N) is 2. The molecule has 3 aromatic carbocycles. The number of benzene rings is 3. The second-order valence-electron chi connectivity index (χ2n) is 6.87. The molecule has 0 aliphatic carbocycles. The Bertz CT molecular complexity index is 1210. The van der Waals surface area contributed by atoms with Gasteiger partial charge in [-0.15, -0.1) is 0 Å². The van der Waals surface area contributed by atoms with Crippen molar-refractivity contribution in [2.45, 2.75) is 11.8 Å². The highest BCUT2D eigenvalue weighted by molar-refractivity contribution is 7.92. The second kappa shape index (κ2) is 10.1. The minimum absolute atomic E-state index is 0.132. The zero-order chi connectivity index (χ0) is 23.1. The van der Waals surface area contributed by atoms with Crippen LogP contribution in [0, 0.1) is 12.7 Å². The first-order valence-electron chi connectivity index (χ1n) is 9.60. The van der Waals surface area contributed by atoms with Crippen molar-refractivity contribution in [1.29, 1.82) is 0 Å². The summed E-state index contributed by atoms with van der Waals surface area (Å²) < 4.78 is 45.8. The van der Waals surface area contributed by atoms with E-state index in [4.69, 9.17) is 4.74 Å². The molecule has 7 nitrogen and oxygen atoms in total. The molecule has 0 aliphatic heterocycles. The molecule has 0 spiro atoms. The van der Waals surface area contributed by atoms with Crippen molar-refractivity contribution in [2.24, 2.45) is 5.10 Å². The summed E-state index contributed by atoms with van der Waals surface area (Å²) >= 11 is 0. The maximum absolute atomic E-state index is 13.3. The highest BCUT2D eigenvalue weighted by atomic mass is 32.2. The summed E-state index contributed by atoms with van der Waals surface area (Å²) in [6.07, 6.45) is 1.42. The Morgan fingerprint density at radius 3 is 2.44 bits per heavy atom. The number of hydrogen-bond acceptors (Lipinski definition) is 5. The van der Waals surface area contributed by atoms with Crippen LogP contribution in [0.1, 0.15) is 11.1 Å². The third-order valence-corrected chi connectivity index (χ3v) is 6.30. The van der Waals surface area contributed by atoms with E-state index in [0.29, 0.717) is 17.0 Å². The quantitative estimate of drug-likeness (QED) is 0.416. The molecule has 0 fully saturated rings. The van der Waals surface area contributed by atoms with E-state index in [2.05, 4.69) is 10.5 Å². The minimum atomic E-state index is -4.13. The number of methoxy groups -OCH3 is 1. The number of ether oxygens (including phenoxy) is 1. The Balaban J connectivity index is 1.82. The van der Waals surface area contributed by atoms with Crippen LogP contribution in [0.25, 0.3) is 0 Å². The van der Waals surface area contributed by atoms with E-state index in [1.54, 1.807) is 55.6 Å². The van der Waals surface area contributed by atoms with Crippen molar-refractivity contribution >= 4 is 27.8 Å². The smallest absolute Gasteiger partial charge is 0.264 e. The Labute approximate surface area is 186 Å². The number of amides is 1. The Morgan fingerprint density at radius 2 is 1.78 bits per heavy atom. The van der Waals surface area contributed by atoms with Crippen molar-refractivity contribution in [2.75, 3.05) is 18.0 Å². The fourth-order valence-electron chi connectivity index (χ4n) is 2.83. The summed E-state index contributed by atoms with van der Waals surface area (Å²) in [6.45, 7) is 1.35. The third-order valence-electron chi connectivity index (χ3n) is 4.51. The van der Waals surface area contributed by atoms with E-state index in [9.17, 15) is 17.6 Å². The number of hydrogen-bond donors (Lipinski definition) is 1. The van der Waals surface area contributed by atoms with Crippen LogP contribution in [-0.4, -0.2) is 34.2 Å². The van der Waals surface area contributed by atoms with Crippen LogP contribution in [0.2, 0.25) is 0 Å². The van der Waals surface area contributed by atoms with Crippen LogP contribution < -0.4 is 14.5 Å². The van der Waals surface area contributed by atoms with Gasteiger partial charge in [-0.3, -0.25) is 9.10 Å². The molecule has 3 rings (SSSR count). The molecule has 0 unspecified atom stereocenters. The van der Waals surface area contributed by atoms with Crippen LogP contribution >= 0.6 is 0 Å². The SMILES string of the molecule is COc1cccc(/C=N/NC(=O)CN(c2ccc(C)cc2)S(=O)(=O)c2ccc(F)cc2)c1. The van der Waals surface area contributed by atoms with Crippen molar-refractivity contribution in [3.05, 3.63) is 89.7 Å². The average molecular weight is 456 g/mol. The zero-order valence-corrected chi connectivity index (χ0v) is 18.3. The van der Waals surface area contributed by atoms with Crippen LogP contribution in [0.15, 0.2) is 82.8 Å². The van der Waals surface area contributed by atoms with E-state index in [-0.39, 0.29) is 4.90 Å². The molecule has 0 heterocycles. The molecule has 166 valence electrons. The number of carbonyl (C=O) groups is 1. The largest absolute Gasteiger partial charge is 0.497 e. The summed E-state index contributed by atoms with van der Waals surface area (Å²) in [7, 11) is -2.59. The number of aryl methyl sites for hydroxylation is 1. The van der Waals surface area contributed by atoms with Gasteiger partial charge >= 0.3 is 0 Å². The first kappa shape index (κ1) is 23.0. The van der Waals surface area contributed by atoms with E-state index in [0.717, 1.165) is 34.1 Å². The number of carbonyl (C=O) groups excluding carboxylic acids is 1. The lowest BCUT2D eigenvalue weighted by atomic mass is 10.2. The molecule has 1 amide bonds. The summed E-state index contributed by atoms with van der Waals surface area (Å²) in [5.41, 5.74) is 4.26. The summed E-state index contributed by atoms with van der Waals surface area (Å²) in [5.74, 6) is -0.568. The number of sulfonamides is 1. The first-order valence-corrected chi connectivity index (χ1v) is 11.0. The van der Waals surface area contributed by atoms with E-state index < -0.39 is 28.3 Å². The average Bonchev–Trinajstić information content (AvgIpc) is 2.78.